The summed E-state index contributed by atoms with van der Waals surface area (Å²) in [7, 11) is -3.74. The Morgan fingerprint density at radius 3 is 2.46 bits per heavy atom. The molecule has 3 rings (SSSR count). The molecule has 0 saturated carbocycles. The predicted molar refractivity (Wildman–Crippen MR) is 112 cm³/mol. The topological polar surface area (TPSA) is 64.6 Å². The minimum Gasteiger partial charge on any atom is -0.490 e. The van der Waals surface area contributed by atoms with Crippen LogP contribution in [-0.2, 0) is 10.0 Å². The van der Waals surface area contributed by atoms with Crippen molar-refractivity contribution in [1.82, 2.24) is 0 Å². The van der Waals surface area contributed by atoms with Crippen LogP contribution in [0.5, 0.6) is 11.5 Å². The lowest BCUT2D eigenvalue weighted by Crippen LogP contribution is -2.13. The molecule has 0 unspecified atom stereocenters. The molecule has 0 fully saturated rings. The third kappa shape index (κ3) is 4.64. The van der Waals surface area contributed by atoms with Crippen molar-refractivity contribution in [3.05, 3.63) is 73.0 Å². The minimum atomic E-state index is -3.74. The maximum atomic E-state index is 12.8. The van der Waals surface area contributed by atoms with Crippen LogP contribution in [0.1, 0.15) is 20.3 Å². The fourth-order valence-electron chi connectivity index (χ4n) is 2.72. The van der Waals surface area contributed by atoms with Crippen molar-refractivity contribution in [3.63, 3.8) is 0 Å². The molecule has 1 N–H and O–H groups in total. The van der Waals surface area contributed by atoms with E-state index in [1.165, 1.54) is 0 Å². The fourth-order valence-corrected chi connectivity index (χ4v) is 3.80. The van der Waals surface area contributed by atoms with Crippen LogP contribution in [0.15, 0.2) is 77.9 Å². The van der Waals surface area contributed by atoms with Gasteiger partial charge in [-0.05, 0) is 48.4 Å². The normalized spacial score (nSPS) is 11.2. The molecular weight excluding hydrogens is 374 g/mol. The van der Waals surface area contributed by atoms with Crippen molar-refractivity contribution in [1.29, 1.82) is 0 Å². The molecule has 3 aromatic carbocycles. The smallest absolute Gasteiger partial charge is 0.261 e. The molecule has 0 aliphatic heterocycles. The second-order valence-corrected chi connectivity index (χ2v) is 8.11. The summed E-state index contributed by atoms with van der Waals surface area (Å²) in [5.74, 6) is 1.48. The van der Waals surface area contributed by atoms with E-state index in [0.717, 1.165) is 17.2 Å². The Hall–Kier alpha value is -2.99. The van der Waals surface area contributed by atoms with Crippen LogP contribution in [0.2, 0.25) is 0 Å². The summed E-state index contributed by atoms with van der Waals surface area (Å²) in [4.78, 5) is 0.199. The van der Waals surface area contributed by atoms with Crippen molar-refractivity contribution in [3.8, 4) is 11.5 Å². The first-order chi connectivity index (χ1) is 13.4. The third-order valence-electron chi connectivity index (χ3n) is 3.97. The molecule has 0 aromatic heterocycles. The Balaban J connectivity index is 1.90. The molecule has 3 aromatic rings. The molecule has 0 bridgehead atoms. The van der Waals surface area contributed by atoms with Gasteiger partial charge in [-0.3, -0.25) is 4.72 Å². The number of rotatable bonds is 8. The van der Waals surface area contributed by atoms with Crippen molar-refractivity contribution in [2.45, 2.75) is 25.2 Å². The number of hydrogen-bond acceptors (Lipinski definition) is 4. The molecule has 0 atom stereocenters. The maximum absolute atomic E-state index is 12.8. The summed E-state index contributed by atoms with van der Waals surface area (Å²) in [5.41, 5.74) is 0.397. The van der Waals surface area contributed by atoms with Crippen LogP contribution >= 0.6 is 0 Å². The molecule has 0 saturated heterocycles. The second-order valence-electron chi connectivity index (χ2n) is 6.43. The largest absolute Gasteiger partial charge is 0.490 e. The van der Waals surface area contributed by atoms with Gasteiger partial charge in [-0.25, -0.2) is 8.42 Å². The quantitative estimate of drug-likeness (QED) is 0.521. The Morgan fingerprint density at radius 2 is 1.75 bits per heavy atom. The van der Waals surface area contributed by atoms with Gasteiger partial charge in [0.1, 0.15) is 0 Å². The van der Waals surface area contributed by atoms with E-state index in [2.05, 4.69) is 11.3 Å². The molecule has 0 aliphatic rings. The van der Waals surface area contributed by atoms with Gasteiger partial charge in [0.05, 0.1) is 22.9 Å². The first-order valence-electron chi connectivity index (χ1n) is 9.01. The van der Waals surface area contributed by atoms with Crippen LogP contribution < -0.4 is 14.2 Å². The molecule has 5 nitrogen and oxygen atoms in total. The molecule has 0 amide bonds. The Bertz CT molecular complexity index is 1110. The Labute approximate surface area is 165 Å². The number of anilines is 1. The van der Waals surface area contributed by atoms with E-state index in [1.807, 2.05) is 31.2 Å². The standard InChI is InChI=1S/C22H23NO4S/c1-4-13-26-22-15-19(10-12-21(22)27-16(2)3)23-28(24,25)20-11-9-17-7-5-6-8-18(17)14-20/h5-12,14-15,23H,2,4,13H2,1,3H3. The van der Waals surface area contributed by atoms with E-state index in [1.54, 1.807) is 43.3 Å². The van der Waals surface area contributed by atoms with Crippen molar-refractivity contribution in [2.24, 2.45) is 0 Å². The molecular formula is C22H23NO4S. The maximum Gasteiger partial charge on any atom is 0.261 e. The highest BCUT2D eigenvalue weighted by atomic mass is 32.2. The van der Waals surface area contributed by atoms with Gasteiger partial charge in [0.25, 0.3) is 10.0 Å². The number of allylic oxidation sites excluding steroid dienone is 1. The van der Waals surface area contributed by atoms with E-state index >= 15 is 0 Å². The fraction of sp³-hybridized carbons (Fsp3) is 0.182. The summed E-state index contributed by atoms with van der Waals surface area (Å²) in [5, 5.41) is 1.85. The van der Waals surface area contributed by atoms with E-state index < -0.39 is 10.0 Å². The summed E-state index contributed by atoms with van der Waals surface area (Å²) in [6.45, 7) is 7.95. The van der Waals surface area contributed by atoms with Gasteiger partial charge in [-0.15, -0.1) is 0 Å². The van der Waals surface area contributed by atoms with Crippen molar-refractivity contribution >= 4 is 26.5 Å². The van der Waals surface area contributed by atoms with E-state index in [0.29, 0.717) is 29.6 Å². The van der Waals surface area contributed by atoms with Gasteiger partial charge in [-0.1, -0.05) is 43.8 Å². The summed E-state index contributed by atoms with van der Waals surface area (Å²) in [6, 6.07) is 17.6. The predicted octanol–water partition coefficient (Wildman–Crippen LogP) is 5.34. The zero-order chi connectivity index (χ0) is 20.1. The summed E-state index contributed by atoms with van der Waals surface area (Å²) < 4.78 is 39.6. The van der Waals surface area contributed by atoms with Crippen molar-refractivity contribution < 1.29 is 17.9 Å². The van der Waals surface area contributed by atoms with Crippen LogP contribution in [0, 0.1) is 0 Å². The van der Waals surface area contributed by atoms with Crippen LogP contribution in [0.4, 0.5) is 5.69 Å². The lowest BCUT2D eigenvalue weighted by atomic mass is 10.1. The molecule has 146 valence electrons. The average Bonchev–Trinajstić information content (AvgIpc) is 2.67. The average molecular weight is 397 g/mol. The highest BCUT2D eigenvalue weighted by molar-refractivity contribution is 7.92. The van der Waals surface area contributed by atoms with Gasteiger partial charge >= 0.3 is 0 Å². The van der Waals surface area contributed by atoms with E-state index in [-0.39, 0.29) is 4.90 Å². The van der Waals surface area contributed by atoms with Crippen LogP contribution in [-0.4, -0.2) is 15.0 Å². The number of benzene rings is 3. The van der Waals surface area contributed by atoms with Gasteiger partial charge < -0.3 is 9.47 Å². The first kappa shape index (κ1) is 19.8. The zero-order valence-corrected chi connectivity index (χ0v) is 16.8. The SMILES string of the molecule is C=C(C)Oc1ccc(NS(=O)(=O)c2ccc3ccccc3c2)cc1OCCC. The highest BCUT2D eigenvalue weighted by Crippen LogP contribution is 2.33. The van der Waals surface area contributed by atoms with Crippen LogP contribution in [0.25, 0.3) is 10.8 Å². The molecule has 0 aliphatic carbocycles. The Kier molecular flexibility index (Phi) is 5.90. The molecule has 0 radical (unpaired) electrons. The first-order valence-corrected chi connectivity index (χ1v) is 10.5. The number of ether oxygens (including phenoxy) is 2. The molecule has 28 heavy (non-hydrogen) atoms. The Morgan fingerprint density at radius 1 is 1.00 bits per heavy atom. The molecule has 6 heteroatoms. The van der Waals surface area contributed by atoms with Gasteiger partial charge in [-0.2, -0.15) is 0 Å². The minimum absolute atomic E-state index is 0.199. The number of hydrogen-bond donors (Lipinski definition) is 1. The molecule has 0 heterocycles. The van der Waals surface area contributed by atoms with Gasteiger partial charge in [0.15, 0.2) is 11.5 Å². The second kappa shape index (κ2) is 8.35. The highest BCUT2D eigenvalue weighted by Gasteiger charge is 2.16. The molecule has 0 spiro atoms. The number of fused-ring (bicyclic) bond motifs is 1. The summed E-state index contributed by atoms with van der Waals surface area (Å²) in [6.07, 6.45) is 0.819. The third-order valence-corrected chi connectivity index (χ3v) is 5.35. The van der Waals surface area contributed by atoms with E-state index in [9.17, 15) is 8.42 Å². The zero-order valence-electron chi connectivity index (χ0n) is 15.9. The van der Waals surface area contributed by atoms with Crippen LogP contribution in [0.3, 0.4) is 0 Å². The van der Waals surface area contributed by atoms with Gasteiger partial charge in [0, 0.05) is 6.07 Å². The van der Waals surface area contributed by atoms with Gasteiger partial charge in [0.2, 0.25) is 0 Å². The lowest BCUT2D eigenvalue weighted by molar-refractivity contribution is 0.297. The van der Waals surface area contributed by atoms with Crippen molar-refractivity contribution in [2.75, 3.05) is 11.3 Å². The number of nitrogens with one attached hydrogen (secondary N) is 1. The summed E-state index contributed by atoms with van der Waals surface area (Å²) >= 11 is 0. The monoisotopic (exact) mass is 397 g/mol. The number of sulfonamides is 1. The lowest BCUT2D eigenvalue weighted by Gasteiger charge is -2.15. The van der Waals surface area contributed by atoms with E-state index in [4.69, 9.17) is 9.47 Å².